The molecule has 0 saturated heterocycles. The summed E-state index contributed by atoms with van der Waals surface area (Å²) < 4.78 is 40.1. The molecule has 0 fully saturated rings. The highest BCUT2D eigenvalue weighted by Gasteiger charge is 2.18. The lowest BCUT2D eigenvalue weighted by Crippen LogP contribution is -2.04. The van der Waals surface area contributed by atoms with Crippen LogP contribution < -0.4 is 4.74 Å². The summed E-state index contributed by atoms with van der Waals surface area (Å²) in [6, 6.07) is 13.3. The lowest BCUT2D eigenvalue weighted by atomic mass is 10.1. The molecule has 1 aromatic heterocycles. The predicted octanol–water partition coefficient (Wildman–Crippen LogP) is 4.83. The van der Waals surface area contributed by atoms with E-state index in [2.05, 4.69) is 20.2 Å². The number of aromatic nitrogens is 5. The molecule has 0 spiro atoms. The van der Waals surface area contributed by atoms with Crippen LogP contribution in [0, 0.1) is 11.6 Å². The Kier molecular flexibility index (Phi) is 5.06. The third-order valence-corrected chi connectivity index (χ3v) is 4.85. The van der Waals surface area contributed by atoms with Gasteiger partial charge < -0.3 is 9.26 Å². The van der Waals surface area contributed by atoms with Crippen LogP contribution in [0.15, 0.2) is 65.4 Å². The van der Waals surface area contributed by atoms with Crippen molar-refractivity contribution >= 4 is 0 Å². The van der Waals surface area contributed by atoms with Gasteiger partial charge in [-0.1, -0.05) is 11.2 Å². The van der Waals surface area contributed by atoms with Crippen LogP contribution in [0.5, 0.6) is 5.75 Å². The zero-order valence-electron chi connectivity index (χ0n) is 17.0. The van der Waals surface area contributed by atoms with Gasteiger partial charge in [-0.15, -0.1) is 0 Å². The monoisotopic (exact) mass is 433 g/mol. The van der Waals surface area contributed by atoms with Crippen molar-refractivity contribution in [1.82, 2.24) is 24.9 Å². The maximum atomic E-state index is 14.1. The SMILES string of the molecule is CCOc1ccc(-c2cc(Cn3cc4nc(-c5cccc(F)c5F)nc-4cn3)on2)cc1. The Labute approximate surface area is 181 Å². The van der Waals surface area contributed by atoms with Crippen molar-refractivity contribution in [2.75, 3.05) is 6.61 Å². The van der Waals surface area contributed by atoms with E-state index in [4.69, 9.17) is 9.26 Å². The molecule has 0 atom stereocenters. The van der Waals surface area contributed by atoms with Crippen LogP contribution in [-0.2, 0) is 6.54 Å². The van der Waals surface area contributed by atoms with Crippen LogP contribution >= 0.6 is 0 Å². The van der Waals surface area contributed by atoms with E-state index in [9.17, 15) is 8.78 Å². The normalized spacial score (nSPS) is 11.2. The molecule has 2 aliphatic rings. The number of benzene rings is 2. The van der Waals surface area contributed by atoms with Gasteiger partial charge in [0, 0.05) is 11.6 Å². The van der Waals surface area contributed by atoms with Gasteiger partial charge in [0.25, 0.3) is 0 Å². The third-order valence-electron chi connectivity index (χ3n) is 4.85. The minimum absolute atomic E-state index is 0.00276. The number of hydrogen-bond donors (Lipinski definition) is 0. The number of nitrogens with zero attached hydrogens (tertiary/aromatic N) is 5. The first-order valence-electron chi connectivity index (χ1n) is 9.94. The van der Waals surface area contributed by atoms with Crippen LogP contribution in [0.4, 0.5) is 8.78 Å². The van der Waals surface area contributed by atoms with Crippen molar-refractivity contribution in [1.29, 1.82) is 0 Å². The third kappa shape index (κ3) is 3.80. The first kappa shape index (κ1) is 19.8. The van der Waals surface area contributed by atoms with Gasteiger partial charge in [-0.05, 0) is 43.3 Å². The predicted molar refractivity (Wildman–Crippen MR) is 112 cm³/mol. The molecule has 32 heavy (non-hydrogen) atoms. The summed E-state index contributed by atoms with van der Waals surface area (Å²) in [4.78, 5) is 8.58. The molecule has 2 aliphatic heterocycles. The van der Waals surface area contributed by atoms with E-state index in [1.54, 1.807) is 10.9 Å². The van der Waals surface area contributed by atoms with Crippen molar-refractivity contribution < 1.29 is 18.0 Å². The average Bonchev–Trinajstić information content (AvgIpc) is 3.43. The van der Waals surface area contributed by atoms with Gasteiger partial charge in [-0.3, -0.25) is 4.68 Å². The Morgan fingerprint density at radius 3 is 2.62 bits per heavy atom. The highest BCUT2D eigenvalue weighted by Crippen LogP contribution is 2.27. The van der Waals surface area contributed by atoms with Gasteiger partial charge >= 0.3 is 0 Å². The number of hydrogen-bond acceptors (Lipinski definition) is 6. The molecule has 5 rings (SSSR count). The summed E-state index contributed by atoms with van der Waals surface area (Å²) in [5, 5.41) is 8.43. The fraction of sp³-hybridized carbons (Fsp3) is 0.130. The minimum Gasteiger partial charge on any atom is -0.494 e. The molecule has 0 radical (unpaired) electrons. The van der Waals surface area contributed by atoms with Crippen molar-refractivity contribution in [2.24, 2.45) is 0 Å². The van der Waals surface area contributed by atoms with Crippen LogP contribution in [-0.4, -0.2) is 31.5 Å². The second kappa shape index (κ2) is 8.18. The molecule has 7 nitrogen and oxygen atoms in total. The van der Waals surface area contributed by atoms with E-state index in [0.29, 0.717) is 36.0 Å². The van der Waals surface area contributed by atoms with Crippen molar-refractivity contribution in [3.63, 3.8) is 0 Å². The molecular weight excluding hydrogens is 416 g/mol. The van der Waals surface area contributed by atoms with Gasteiger partial charge in [0.15, 0.2) is 23.2 Å². The van der Waals surface area contributed by atoms with Crippen LogP contribution in [0.3, 0.4) is 0 Å². The van der Waals surface area contributed by atoms with Crippen molar-refractivity contribution in [2.45, 2.75) is 13.5 Å². The topological polar surface area (TPSA) is 78.9 Å². The second-order valence-electron chi connectivity index (χ2n) is 7.03. The Morgan fingerprint density at radius 2 is 1.81 bits per heavy atom. The van der Waals surface area contributed by atoms with E-state index in [1.807, 2.05) is 37.3 Å². The first-order chi connectivity index (χ1) is 15.6. The molecule has 160 valence electrons. The summed E-state index contributed by atoms with van der Waals surface area (Å²) in [6.45, 7) is 2.85. The Morgan fingerprint density at radius 1 is 1.00 bits per heavy atom. The molecule has 0 aliphatic carbocycles. The summed E-state index contributed by atoms with van der Waals surface area (Å²) >= 11 is 0. The quantitative estimate of drug-likeness (QED) is 0.382. The lowest BCUT2D eigenvalue weighted by molar-refractivity contribution is 0.340. The Bertz CT molecular complexity index is 1350. The number of fused-ring (bicyclic) bond motifs is 1. The molecule has 0 unspecified atom stereocenters. The summed E-state index contributed by atoms with van der Waals surface area (Å²) in [5.74, 6) is -0.428. The summed E-state index contributed by atoms with van der Waals surface area (Å²) in [7, 11) is 0. The Hall–Kier alpha value is -4.14. The highest BCUT2D eigenvalue weighted by atomic mass is 19.2. The van der Waals surface area contributed by atoms with Gasteiger partial charge in [-0.25, -0.2) is 18.7 Å². The Balaban J connectivity index is 1.37. The lowest BCUT2D eigenvalue weighted by Gasteiger charge is -2.03. The average molecular weight is 433 g/mol. The molecule has 3 heterocycles. The zero-order chi connectivity index (χ0) is 22.1. The van der Waals surface area contributed by atoms with Gasteiger partial charge in [0.05, 0.1) is 24.6 Å². The molecule has 9 heteroatoms. The maximum Gasteiger partial charge on any atom is 0.169 e. The van der Waals surface area contributed by atoms with E-state index >= 15 is 0 Å². The number of halogens is 2. The van der Waals surface area contributed by atoms with Gasteiger partial charge in [0.1, 0.15) is 29.4 Å². The van der Waals surface area contributed by atoms with Crippen LogP contribution in [0.2, 0.25) is 0 Å². The zero-order valence-corrected chi connectivity index (χ0v) is 17.0. The minimum atomic E-state index is -0.980. The smallest absolute Gasteiger partial charge is 0.169 e. The van der Waals surface area contributed by atoms with E-state index in [-0.39, 0.29) is 11.4 Å². The largest absolute Gasteiger partial charge is 0.494 e. The number of imidazole rings is 1. The fourth-order valence-electron chi connectivity index (χ4n) is 3.32. The van der Waals surface area contributed by atoms with Crippen molar-refractivity contribution in [3.05, 3.63) is 78.3 Å². The van der Waals surface area contributed by atoms with Gasteiger partial charge in [-0.2, -0.15) is 5.10 Å². The molecule has 0 bridgehead atoms. The van der Waals surface area contributed by atoms with Crippen molar-refractivity contribution in [3.8, 4) is 39.8 Å². The highest BCUT2D eigenvalue weighted by molar-refractivity contribution is 5.65. The van der Waals surface area contributed by atoms with E-state index in [1.165, 1.54) is 18.3 Å². The summed E-state index contributed by atoms with van der Waals surface area (Å²) in [6.07, 6.45) is 3.19. The standard InChI is InChI=1S/C23H17F2N5O2/c1-2-31-15-8-6-14(7-9-15)19-10-16(32-29-19)12-30-13-21-20(11-26-30)27-23(28-21)17-4-3-5-18(24)22(17)25/h3-11,13H,2,12H2,1H3. The molecule has 3 aromatic rings. The molecule has 0 amide bonds. The first-order valence-corrected chi connectivity index (χ1v) is 9.94. The molecule has 0 saturated carbocycles. The number of rotatable bonds is 6. The van der Waals surface area contributed by atoms with E-state index < -0.39 is 11.6 Å². The summed E-state index contributed by atoms with van der Waals surface area (Å²) in [5.41, 5.74) is 2.59. The van der Waals surface area contributed by atoms with Crippen LogP contribution in [0.1, 0.15) is 12.7 Å². The number of ether oxygens (including phenoxy) is 1. The van der Waals surface area contributed by atoms with Crippen LogP contribution in [0.25, 0.3) is 34.0 Å². The molecular formula is C23H17F2N5O2. The fourth-order valence-corrected chi connectivity index (χ4v) is 3.32. The second-order valence-corrected chi connectivity index (χ2v) is 7.03. The maximum absolute atomic E-state index is 14.1. The molecule has 2 aromatic carbocycles. The van der Waals surface area contributed by atoms with Gasteiger partial charge in [0.2, 0.25) is 0 Å². The van der Waals surface area contributed by atoms with E-state index in [0.717, 1.165) is 17.4 Å². The molecule has 0 N–H and O–H groups in total.